The number of hydrogen-bond acceptors (Lipinski definition) is 4. The molecule has 0 radical (unpaired) electrons. The number of aliphatic carboxylic acids is 1. The van der Waals surface area contributed by atoms with Gasteiger partial charge in [-0.3, -0.25) is 9.36 Å². The highest BCUT2D eigenvalue weighted by Gasteiger charge is 2.26. The molecular weight excluding hydrogens is 253 g/mol. The summed E-state index contributed by atoms with van der Waals surface area (Å²) in [7, 11) is -0.486. The minimum Gasteiger partial charge on any atom is -0.480 e. The lowest BCUT2D eigenvalue weighted by Crippen LogP contribution is -2.41. The van der Waals surface area contributed by atoms with Crippen LogP contribution in [0.2, 0.25) is 5.02 Å². The predicted molar refractivity (Wildman–Crippen MR) is 59.1 cm³/mol. The Bertz CT molecular complexity index is 384. The van der Waals surface area contributed by atoms with E-state index >= 15 is 0 Å². The van der Waals surface area contributed by atoms with Crippen LogP contribution in [0.3, 0.4) is 0 Å². The van der Waals surface area contributed by atoms with Crippen LogP contribution in [0.25, 0.3) is 0 Å². The summed E-state index contributed by atoms with van der Waals surface area (Å²) in [6.45, 7) is 0. The van der Waals surface area contributed by atoms with Crippen LogP contribution in [-0.2, 0) is 9.36 Å². The Labute approximate surface area is 98.4 Å². The van der Waals surface area contributed by atoms with Crippen LogP contribution in [0.1, 0.15) is 0 Å². The molecule has 0 heterocycles. The summed E-state index contributed by atoms with van der Waals surface area (Å²) in [5.74, 6) is -2.05. The van der Waals surface area contributed by atoms with Crippen molar-refractivity contribution in [2.75, 3.05) is 0 Å². The van der Waals surface area contributed by atoms with Gasteiger partial charge in [-0.25, -0.2) is 0 Å². The third-order valence-electron chi connectivity index (χ3n) is 1.77. The largest absolute Gasteiger partial charge is 0.480 e. The van der Waals surface area contributed by atoms with Gasteiger partial charge in [0.2, 0.25) is 14.3 Å². The van der Waals surface area contributed by atoms with E-state index in [1.54, 1.807) is 12.1 Å². The van der Waals surface area contributed by atoms with Gasteiger partial charge >= 0.3 is 5.97 Å². The molecule has 0 aromatic heterocycles. The summed E-state index contributed by atoms with van der Waals surface area (Å²) in [6, 6.07) is 4.86. The van der Waals surface area contributed by atoms with E-state index in [1.807, 2.05) is 0 Å². The standard InChI is InChI=1S/C9H9ClNO4P/c10-5-1-3-6(4-2-5)15-9(16-14)7(11)8(12)13/h1-4,7,9H,11H2,(H,12,13)/t7-,9?/m1/s1. The zero-order valence-corrected chi connectivity index (χ0v) is 9.69. The summed E-state index contributed by atoms with van der Waals surface area (Å²) in [5.41, 5.74) is 5.29. The molecule has 1 aromatic carbocycles. The van der Waals surface area contributed by atoms with Crippen molar-refractivity contribution < 1.29 is 19.2 Å². The highest BCUT2D eigenvalue weighted by Crippen LogP contribution is 2.21. The predicted octanol–water partition coefficient (Wildman–Crippen LogP) is 1.75. The van der Waals surface area contributed by atoms with Gasteiger partial charge in [-0.05, 0) is 24.3 Å². The normalized spacial score (nSPS) is 14.4. The van der Waals surface area contributed by atoms with E-state index in [0.717, 1.165) is 0 Å². The second kappa shape index (κ2) is 5.80. The van der Waals surface area contributed by atoms with E-state index in [4.69, 9.17) is 27.2 Å². The van der Waals surface area contributed by atoms with E-state index in [2.05, 4.69) is 0 Å². The van der Waals surface area contributed by atoms with Gasteiger partial charge in [-0.15, -0.1) is 0 Å². The number of carbonyl (C=O) groups is 1. The molecule has 0 aliphatic heterocycles. The van der Waals surface area contributed by atoms with Gasteiger partial charge in [0.1, 0.15) is 5.75 Å². The Hall–Kier alpha value is -1.16. The van der Waals surface area contributed by atoms with Crippen LogP contribution in [0.5, 0.6) is 5.75 Å². The molecule has 0 aliphatic rings. The van der Waals surface area contributed by atoms with E-state index in [1.165, 1.54) is 12.1 Å². The molecule has 86 valence electrons. The highest BCUT2D eigenvalue weighted by molar-refractivity contribution is 7.24. The lowest BCUT2D eigenvalue weighted by atomic mass is 10.3. The zero-order chi connectivity index (χ0) is 12.1. The molecule has 2 atom stereocenters. The van der Waals surface area contributed by atoms with E-state index in [0.29, 0.717) is 10.8 Å². The number of rotatable bonds is 5. The van der Waals surface area contributed by atoms with E-state index < -0.39 is 26.3 Å². The first kappa shape index (κ1) is 12.9. The van der Waals surface area contributed by atoms with E-state index in [-0.39, 0.29) is 0 Å². The molecular formula is C9H9ClNO4P. The molecule has 0 amide bonds. The molecule has 5 nitrogen and oxygen atoms in total. The summed E-state index contributed by atoms with van der Waals surface area (Å²) >= 11 is 5.66. The van der Waals surface area contributed by atoms with Crippen LogP contribution < -0.4 is 10.5 Å². The van der Waals surface area contributed by atoms with Gasteiger partial charge in [0.15, 0.2) is 6.04 Å². The first-order valence-electron chi connectivity index (χ1n) is 4.27. The summed E-state index contributed by atoms with van der Waals surface area (Å²) < 4.78 is 15.9. The number of halogens is 1. The van der Waals surface area contributed by atoms with Gasteiger partial charge in [0, 0.05) is 5.02 Å². The second-order valence-electron chi connectivity index (χ2n) is 2.93. The second-order valence-corrected chi connectivity index (χ2v) is 4.09. The number of ether oxygens (including phenoxy) is 1. The average molecular weight is 262 g/mol. The maximum absolute atomic E-state index is 10.7. The van der Waals surface area contributed by atoms with Gasteiger partial charge in [-0.2, -0.15) is 0 Å². The first-order valence-corrected chi connectivity index (χ1v) is 5.53. The SMILES string of the molecule is N[C@H](C(=O)O)C(Oc1ccc(Cl)cc1)P=O. The number of benzene rings is 1. The molecule has 1 unspecified atom stereocenters. The molecule has 0 saturated heterocycles. The number of hydrogen-bond donors (Lipinski definition) is 2. The van der Waals surface area contributed by atoms with Crippen LogP contribution in [0.15, 0.2) is 24.3 Å². The summed E-state index contributed by atoms with van der Waals surface area (Å²) in [4.78, 5) is 10.6. The third-order valence-corrected chi connectivity index (χ3v) is 2.65. The van der Waals surface area contributed by atoms with Crippen LogP contribution in [0, 0.1) is 0 Å². The fourth-order valence-electron chi connectivity index (χ4n) is 0.935. The fraction of sp³-hybridized carbons (Fsp3) is 0.222. The number of nitrogens with two attached hydrogens (primary N) is 1. The highest BCUT2D eigenvalue weighted by atomic mass is 35.5. The van der Waals surface area contributed by atoms with Crippen LogP contribution in [-0.4, -0.2) is 23.0 Å². The first-order chi connectivity index (χ1) is 7.54. The molecule has 0 fully saturated rings. The molecule has 0 saturated carbocycles. The topological polar surface area (TPSA) is 89.6 Å². The van der Waals surface area contributed by atoms with Gasteiger partial charge in [-0.1, -0.05) is 11.6 Å². The minimum absolute atomic E-state index is 0.356. The summed E-state index contributed by atoms with van der Waals surface area (Å²) in [5, 5.41) is 9.16. The van der Waals surface area contributed by atoms with Crippen molar-refractivity contribution in [2.45, 2.75) is 11.9 Å². The Morgan fingerprint density at radius 2 is 2.00 bits per heavy atom. The monoisotopic (exact) mass is 261 g/mol. The van der Waals surface area contributed by atoms with Gasteiger partial charge in [0.05, 0.1) is 0 Å². The molecule has 0 bridgehead atoms. The summed E-state index contributed by atoms with van der Waals surface area (Å²) in [6.07, 6.45) is 0. The lowest BCUT2D eigenvalue weighted by Gasteiger charge is -2.15. The third kappa shape index (κ3) is 3.45. The van der Waals surface area contributed by atoms with Crippen molar-refractivity contribution in [3.05, 3.63) is 29.3 Å². The smallest absolute Gasteiger partial charge is 0.325 e. The van der Waals surface area contributed by atoms with Crippen molar-refractivity contribution in [1.82, 2.24) is 0 Å². The lowest BCUT2D eigenvalue weighted by molar-refractivity contribution is -0.139. The average Bonchev–Trinajstić information content (AvgIpc) is 2.27. The maximum Gasteiger partial charge on any atom is 0.325 e. The quantitative estimate of drug-likeness (QED) is 0.788. The maximum atomic E-state index is 10.7. The zero-order valence-electron chi connectivity index (χ0n) is 8.04. The van der Waals surface area contributed by atoms with Crippen molar-refractivity contribution in [3.63, 3.8) is 0 Å². The Kier molecular flexibility index (Phi) is 4.68. The molecule has 7 heteroatoms. The fourth-order valence-corrected chi connectivity index (χ4v) is 1.48. The van der Waals surface area contributed by atoms with Crippen molar-refractivity contribution >= 4 is 26.0 Å². The van der Waals surface area contributed by atoms with Gasteiger partial charge in [0.25, 0.3) is 0 Å². The van der Waals surface area contributed by atoms with Crippen molar-refractivity contribution in [1.29, 1.82) is 0 Å². The number of carboxylic acid groups (broad SMARTS) is 1. The van der Waals surface area contributed by atoms with Crippen molar-refractivity contribution in [2.24, 2.45) is 5.73 Å². The number of carboxylic acids is 1. The molecule has 1 aromatic rings. The molecule has 0 spiro atoms. The molecule has 16 heavy (non-hydrogen) atoms. The molecule has 3 N–H and O–H groups in total. The minimum atomic E-state index is -1.35. The molecule has 1 rings (SSSR count). The van der Waals surface area contributed by atoms with Crippen LogP contribution >= 0.6 is 20.1 Å². The van der Waals surface area contributed by atoms with Crippen molar-refractivity contribution in [3.8, 4) is 5.75 Å². The van der Waals surface area contributed by atoms with Crippen LogP contribution in [0.4, 0.5) is 0 Å². The van der Waals surface area contributed by atoms with Gasteiger partial charge < -0.3 is 15.6 Å². The Morgan fingerprint density at radius 1 is 1.44 bits per heavy atom. The van der Waals surface area contributed by atoms with E-state index in [9.17, 15) is 9.36 Å². The Morgan fingerprint density at radius 3 is 2.44 bits per heavy atom. The molecule has 0 aliphatic carbocycles. The Balaban J connectivity index is 2.74.